The Kier molecular flexibility index (Phi) is 4.31. The third-order valence-corrected chi connectivity index (χ3v) is 4.05. The van der Waals surface area contributed by atoms with Crippen molar-refractivity contribution in [1.82, 2.24) is 4.98 Å². The highest BCUT2D eigenvalue weighted by Crippen LogP contribution is 2.28. The summed E-state index contributed by atoms with van der Waals surface area (Å²) in [7, 11) is 1.81. The summed E-state index contributed by atoms with van der Waals surface area (Å²) in [6.07, 6.45) is 3.82. The quantitative estimate of drug-likeness (QED) is 0.767. The molecule has 0 radical (unpaired) electrons. The van der Waals surface area contributed by atoms with E-state index in [1.165, 1.54) is 0 Å². The first-order valence-corrected chi connectivity index (χ1v) is 7.16. The summed E-state index contributed by atoms with van der Waals surface area (Å²) in [4.78, 5) is 18.2. The SMILES string of the molecule is CCCCCC(=O)N(C)c1nc2ccccc2s1. The van der Waals surface area contributed by atoms with Crippen molar-refractivity contribution in [2.24, 2.45) is 0 Å². The lowest BCUT2D eigenvalue weighted by Crippen LogP contribution is -2.25. The maximum absolute atomic E-state index is 12.0. The number of hydrogen-bond donors (Lipinski definition) is 0. The van der Waals surface area contributed by atoms with Crippen LogP contribution in [0, 0.1) is 0 Å². The Balaban J connectivity index is 2.08. The van der Waals surface area contributed by atoms with Crippen molar-refractivity contribution < 1.29 is 4.79 Å². The largest absolute Gasteiger partial charge is 0.291 e. The predicted molar refractivity (Wildman–Crippen MR) is 77.2 cm³/mol. The molecule has 0 fully saturated rings. The number of fused-ring (bicyclic) bond motifs is 1. The van der Waals surface area contributed by atoms with Crippen LogP contribution in [0.3, 0.4) is 0 Å². The van der Waals surface area contributed by atoms with Gasteiger partial charge in [0.15, 0.2) is 5.13 Å². The molecular weight excluding hydrogens is 244 g/mol. The lowest BCUT2D eigenvalue weighted by molar-refractivity contribution is -0.118. The van der Waals surface area contributed by atoms with E-state index in [9.17, 15) is 4.79 Å². The number of carbonyl (C=O) groups is 1. The van der Waals surface area contributed by atoms with Crippen LogP contribution in [0.1, 0.15) is 32.6 Å². The molecule has 0 aliphatic rings. The molecule has 96 valence electrons. The van der Waals surface area contributed by atoms with E-state index in [4.69, 9.17) is 0 Å². The summed E-state index contributed by atoms with van der Waals surface area (Å²) in [5, 5.41) is 0.790. The molecule has 0 aliphatic heterocycles. The molecule has 0 unspecified atom stereocenters. The van der Waals surface area contributed by atoms with Gasteiger partial charge >= 0.3 is 0 Å². The van der Waals surface area contributed by atoms with Crippen LogP contribution in [0.2, 0.25) is 0 Å². The van der Waals surface area contributed by atoms with E-state index in [1.807, 2.05) is 31.3 Å². The van der Waals surface area contributed by atoms with Gasteiger partial charge in [-0.05, 0) is 18.6 Å². The fourth-order valence-electron chi connectivity index (χ4n) is 1.80. The van der Waals surface area contributed by atoms with E-state index in [1.54, 1.807) is 16.2 Å². The van der Waals surface area contributed by atoms with Gasteiger partial charge in [0.1, 0.15) is 0 Å². The monoisotopic (exact) mass is 262 g/mol. The third kappa shape index (κ3) is 2.88. The van der Waals surface area contributed by atoms with Crippen molar-refractivity contribution in [1.29, 1.82) is 0 Å². The van der Waals surface area contributed by atoms with Crippen molar-refractivity contribution in [2.75, 3.05) is 11.9 Å². The normalized spacial score (nSPS) is 10.8. The smallest absolute Gasteiger partial charge is 0.228 e. The van der Waals surface area contributed by atoms with Gasteiger partial charge in [-0.15, -0.1) is 0 Å². The molecule has 18 heavy (non-hydrogen) atoms. The fourth-order valence-corrected chi connectivity index (χ4v) is 2.75. The molecular formula is C14H18N2OS. The van der Waals surface area contributed by atoms with Crippen LogP contribution in [-0.4, -0.2) is 17.9 Å². The molecule has 0 N–H and O–H groups in total. The second-order valence-corrected chi connectivity index (χ2v) is 5.38. The van der Waals surface area contributed by atoms with Crippen LogP contribution in [0.15, 0.2) is 24.3 Å². The molecule has 2 rings (SSSR count). The van der Waals surface area contributed by atoms with Gasteiger partial charge in [0.05, 0.1) is 10.2 Å². The average Bonchev–Trinajstić information content (AvgIpc) is 2.81. The fraction of sp³-hybridized carbons (Fsp3) is 0.429. The van der Waals surface area contributed by atoms with E-state index in [2.05, 4.69) is 11.9 Å². The Labute approximate surface area is 111 Å². The number of para-hydroxylation sites is 1. The minimum Gasteiger partial charge on any atom is -0.291 e. The second-order valence-electron chi connectivity index (χ2n) is 4.37. The zero-order valence-corrected chi connectivity index (χ0v) is 11.7. The highest BCUT2D eigenvalue weighted by atomic mass is 32.1. The van der Waals surface area contributed by atoms with Gasteiger partial charge in [-0.3, -0.25) is 9.69 Å². The second kappa shape index (κ2) is 5.96. The Morgan fingerprint density at radius 1 is 1.33 bits per heavy atom. The van der Waals surface area contributed by atoms with Gasteiger partial charge in [0.25, 0.3) is 0 Å². The van der Waals surface area contributed by atoms with E-state index in [0.29, 0.717) is 6.42 Å². The number of carbonyl (C=O) groups excluding carboxylic acids is 1. The van der Waals surface area contributed by atoms with Crippen LogP contribution in [0.4, 0.5) is 5.13 Å². The zero-order chi connectivity index (χ0) is 13.0. The summed E-state index contributed by atoms with van der Waals surface area (Å²) >= 11 is 1.57. The Morgan fingerprint density at radius 2 is 2.11 bits per heavy atom. The molecule has 0 atom stereocenters. The lowest BCUT2D eigenvalue weighted by atomic mass is 10.2. The first kappa shape index (κ1) is 13.0. The number of benzene rings is 1. The van der Waals surface area contributed by atoms with Crippen LogP contribution >= 0.6 is 11.3 Å². The number of hydrogen-bond acceptors (Lipinski definition) is 3. The molecule has 1 heterocycles. The predicted octanol–water partition coefficient (Wildman–Crippen LogP) is 3.84. The Hall–Kier alpha value is -1.42. The number of thiazole rings is 1. The average molecular weight is 262 g/mol. The molecule has 0 bridgehead atoms. The van der Waals surface area contributed by atoms with E-state index in [0.717, 1.165) is 34.6 Å². The van der Waals surface area contributed by atoms with Gasteiger partial charge in [-0.25, -0.2) is 4.98 Å². The minimum atomic E-state index is 0.155. The van der Waals surface area contributed by atoms with Crippen LogP contribution < -0.4 is 4.90 Å². The highest BCUT2D eigenvalue weighted by molar-refractivity contribution is 7.22. The first-order chi connectivity index (χ1) is 8.72. The molecule has 2 aromatic rings. The van der Waals surface area contributed by atoms with Crippen LogP contribution in [-0.2, 0) is 4.79 Å². The first-order valence-electron chi connectivity index (χ1n) is 6.34. The van der Waals surface area contributed by atoms with Crippen molar-refractivity contribution in [3.8, 4) is 0 Å². The molecule has 4 heteroatoms. The number of anilines is 1. The van der Waals surface area contributed by atoms with E-state index < -0.39 is 0 Å². The molecule has 0 spiro atoms. The molecule has 0 aliphatic carbocycles. The molecule has 1 aromatic heterocycles. The molecule has 1 amide bonds. The number of nitrogens with zero attached hydrogens (tertiary/aromatic N) is 2. The van der Waals surface area contributed by atoms with Crippen LogP contribution in [0.5, 0.6) is 0 Å². The highest BCUT2D eigenvalue weighted by Gasteiger charge is 2.14. The standard InChI is InChI=1S/C14H18N2OS/c1-3-4-5-10-13(17)16(2)14-15-11-8-6-7-9-12(11)18-14/h6-9H,3-5,10H2,1-2H3. The zero-order valence-electron chi connectivity index (χ0n) is 10.8. The summed E-state index contributed by atoms with van der Waals surface area (Å²) in [6, 6.07) is 7.97. The molecule has 1 aromatic carbocycles. The molecule has 0 saturated carbocycles. The third-order valence-electron chi connectivity index (χ3n) is 2.94. The van der Waals surface area contributed by atoms with Crippen molar-refractivity contribution in [3.63, 3.8) is 0 Å². The number of rotatable bonds is 5. The van der Waals surface area contributed by atoms with Gasteiger partial charge < -0.3 is 0 Å². The maximum Gasteiger partial charge on any atom is 0.228 e. The number of unbranched alkanes of at least 4 members (excludes halogenated alkanes) is 2. The van der Waals surface area contributed by atoms with E-state index in [-0.39, 0.29) is 5.91 Å². The summed E-state index contributed by atoms with van der Waals surface area (Å²) in [5.74, 6) is 0.155. The number of aromatic nitrogens is 1. The van der Waals surface area contributed by atoms with Crippen LogP contribution in [0.25, 0.3) is 10.2 Å². The van der Waals surface area contributed by atoms with Crippen molar-refractivity contribution in [2.45, 2.75) is 32.6 Å². The minimum absolute atomic E-state index is 0.155. The Morgan fingerprint density at radius 3 is 2.83 bits per heavy atom. The lowest BCUT2D eigenvalue weighted by Gasteiger charge is -2.13. The van der Waals surface area contributed by atoms with Gasteiger partial charge in [0, 0.05) is 13.5 Å². The summed E-state index contributed by atoms with van der Waals surface area (Å²) in [6.45, 7) is 2.14. The Bertz CT molecular complexity index is 502. The number of amides is 1. The maximum atomic E-state index is 12.0. The van der Waals surface area contributed by atoms with Gasteiger partial charge in [0.2, 0.25) is 5.91 Å². The topological polar surface area (TPSA) is 33.2 Å². The van der Waals surface area contributed by atoms with Gasteiger partial charge in [-0.1, -0.05) is 43.2 Å². The molecule has 0 saturated heterocycles. The van der Waals surface area contributed by atoms with Crippen molar-refractivity contribution >= 4 is 32.6 Å². The summed E-state index contributed by atoms with van der Waals surface area (Å²) < 4.78 is 1.13. The molecule has 3 nitrogen and oxygen atoms in total. The summed E-state index contributed by atoms with van der Waals surface area (Å²) in [5.41, 5.74) is 0.964. The van der Waals surface area contributed by atoms with Gasteiger partial charge in [-0.2, -0.15) is 0 Å². The van der Waals surface area contributed by atoms with E-state index >= 15 is 0 Å². The van der Waals surface area contributed by atoms with Crippen molar-refractivity contribution in [3.05, 3.63) is 24.3 Å².